The molecule has 2 aromatic rings. The molecule has 2 heterocycles. The van der Waals surface area contributed by atoms with Crippen LogP contribution in [0.25, 0.3) is 0 Å². The molecule has 2 aromatic carbocycles. The van der Waals surface area contributed by atoms with E-state index in [0.717, 1.165) is 37.6 Å². The normalized spacial score (nSPS) is 26.3. The van der Waals surface area contributed by atoms with Gasteiger partial charge in [-0.15, -0.1) is 0 Å². The van der Waals surface area contributed by atoms with Crippen molar-refractivity contribution in [1.82, 2.24) is 4.90 Å². The van der Waals surface area contributed by atoms with E-state index < -0.39 is 48.8 Å². The Balaban J connectivity index is 1.65. The van der Waals surface area contributed by atoms with Crippen LogP contribution >= 0.6 is 0 Å². The molecule has 5 atom stereocenters. The number of benzene rings is 2. The molecule has 0 aliphatic carbocycles. The number of likely N-dealkylation sites (tertiary alicyclic amines) is 1. The molecule has 202 valence electrons. The summed E-state index contributed by atoms with van der Waals surface area (Å²) in [6.45, 7) is 1.11. The van der Waals surface area contributed by atoms with Crippen molar-refractivity contribution in [2.75, 3.05) is 19.7 Å². The maximum absolute atomic E-state index is 13.4. The fourth-order valence-corrected chi connectivity index (χ4v) is 4.69. The maximum atomic E-state index is 13.4. The van der Waals surface area contributed by atoms with Crippen LogP contribution in [0.3, 0.4) is 0 Å². The lowest BCUT2D eigenvalue weighted by molar-refractivity contribution is -0.277. The molecule has 0 radical (unpaired) electrons. The first-order chi connectivity index (χ1) is 17.7. The third kappa shape index (κ3) is 5.98. The van der Waals surface area contributed by atoms with Crippen molar-refractivity contribution in [1.29, 1.82) is 0 Å². The zero-order valence-corrected chi connectivity index (χ0v) is 20.2. The summed E-state index contributed by atoms with van der Waals surface area (Å²) in [5, 5.41) is 71.3. The third-order valence-electron chi connectivity index (χ3n) is 6.87. The molecule has 0 bridgehead atoms. The fraction of sp³-hybridized carbons (Fsp3) is 0.500. The monoisotopic (exact) mass is 519 g/mol. The number of hydrogen-bond acceptors (Lipinski definition) is 11. The number of ketones is 1. The van der Waals surface area contributed by atoms with Crippen LogP contribution in [0.15, 0.2) is 30.3 Å². The predicted octanol–water partition coefficient (Wildman–Crippen LogP) is 0.393. The second-order valence-electron chi connectivity index (χ2n) is 9.48. The third-order valence-corrected chi connectivity index (χ3v) is 6.87. The van der Waals surface area contributed by atoms with Gasteiger partial charge in [0, 0.05) is 19.0 Å². The summed E-state index contributed by atoms with van der Waals surface area (Å²) in [4.78, 5) is 15.4. The van der Waals surface area contributed by atoms with Gasteiger partial charge in [-0.25, -0.2) is 0 Å². The Labute approximate surface area is 213 Å². The Kier molecular flexibility index (Phi) is 8.53. The Bertz CT molecular complexity index is 1080. The van der Waals surface area contributed by atoms with Crippen molar-refractivity contribution in [3.8, 4) is 23.0 Å². The van der Waals surface area contributed by atoms with E-state index in [1.807, 2.05) is 4.90 Å². The van der Waals surface area contributed by atoms with Crippen LogP contribution in [-0.4, -0.2) is 96.8 Å². The molecule has 0 unspecified atom stereocenters. The van der Waals surface area contributed by atoms with E-state index in [9.17, 15) is 40.5 Å². The van der Waals surface area contributed by atoms with Gasteiger partial charge in [0.05, 0.1) is 12.2 Å². The Morgan fingerprint density at radius 3 is 2.32 bits per heavy atom. The van der Waals surface area contributed by atoms with Crippen molar-refractivity contribution >= 4 is 5.78 Å². The molecule has 37 heavy (non-hydrogen) atoms. The number of phenolic OH excluding ortho intramolecular Hbond substituents is 3. The Hall–Kier alpha value is -2.93. The number of carbonyl (C=O) groups is 1. The number of carbonyl (C=O) groups excluding carboxylic acids is 1. The number of hydrogen-bond donors (Lipinski definition) is 7. The molecule has 2 fully saturated rings. The lowest BCUT2D eigenvalue weighted by atomic mass is 9.97. The quantitative estimate of drug-likeness (QED) is 0.228. The zero-order valence-electron chi connectivity index (χ0n) is 20.2. The summed E-state index contributed by atoms with van der Waals surface area (Å²) >= 11 is 0. The van der Waals surface area contributed by atoms with Crippen LogP contribution in [0.2, 0.25) is 0 Å². The van der Waals surface area contributed by atoms with Gasteiger partial charge < -0.3 is 45.2 Å². The number of nitrogens with zero attached hydrogens (tertiary/aromatic N) is 1. The van der Waals surface area contributed by atoms with Crippen LogP contribution in [0.4, 0.5) is 0 Å². The van der Waals surface area contributed by atoms with E-state index in [-0.39, 0.29) is 41.3 Å². The Morgan fingerprint density at radius 2 is 1.68 bits per heavy atom. The van der Waals surface area contributed by atoms with Crippen molar-refractivity contribution in [2.45, 2.75) is 62.9 Å². The number of aliphatic hydroxyl groups is 4. The van der Waals surface area contributed by atoms with Gasteiger partial charge in [0.2, 0.25) is 6.29 Å². The number of aryl methyl sites for hydroxylation is 1. The van der Waals surface area contributed by atoms with Crippen molar-refractivity contribution < 1.29 is 50.0 Å². The molecular weight excluding hydrogens is 486 g/mol. The topological polar surface area (TPSA) is 180 Å². The molecule has 4 rings (SSSR count). The van der Waals surface area contributed by atoms with E-state index in [1.54, 1.807) is 12.1 Å². The minimum atomic E-state index is -1.74. The van der Waals surface area contributed by atoms with Crippen LogP contribution in [0.5, 0.6) is 23.0 Å². The first kappa shape index (κ1) is 27.1. The van der Waals surface area contributed by atoms with E-state index in [1.165, 1.54) is 12.1 Å². The average Bonchev–Trinajstić information content (AvgIpc) is 3.40. The molecule has 2 saturated heterocycles. The number of aromatic hydroxyl groups is 3. The molecule has 7 N–H and O–H groups in total. The highest BCUT2D eigenvalue weighted by molar-refractivity contribution is 6.02. The molecule has 2 aliphatic heterocycles. The number of rotatable bonds is 9. The van der Waals surface area contributed by atoms with Crippen LogP contribution in [0, 0.1) is 0 Å². The highest BCUT2D eigenvalue weighted by Crippen LogP contribution is 2.41. The van der Waals surface area contributed by atoms with Crippen molar-refractivity contribution in [3.63, 3.8) is 0 Å². The van der Waals surface area contributed by atoms with Gasteiger partial charge >= 0.3 is 0 Å². The van der Waals surface area contributed by atoms with Gasteiger partial charge in [0.25, 0.3) is 0 Å². The number of phenols is 3. The smallest absolute Gasteiger partial charge is 0.229 e. The largest absolute Gasteiger partial charge is 0.508 e. The molecule has 0 spiro atoms. The predicted molar refractivity (Wildman–Crippen MR) is 129 cm³/mol. The summed E-state index contributed by atoms with van der Waals surface area (Å²) in [5.74, 6) is -1.47. The van der Waals surface area contributed by atoms with Crippen molar-refractivity contribution in [2.24, 2.45) is 0 Å². The molecule has 0 saturated carbocycles. The summed E-state index contributed by atoms with van der Waals surface area (Å²) in [7, 11) is 0. The zero-order chi connectivity index (χ0) is 26.7. The molecular formula is C26H33NO10. The first-order valence-electron chi connectivity index (χ1n) is 12.3. The fourth-order valence-electron chi connectivity index (χ4n) is 4.69. The summed E-state index contributed by atoms with van der Waals surface area (Å²) in [5.41, 5.74) is 0.719. The minimum Gasteiger partial charge on any atom is -0.508 e. The van der Waals surface area contributed by atoms with Gasteiger partial charge in [0.1, 0.15) is 53.0 Å². The first-order valence-corrected chi connectivity index (χ1v) is 12.3. The minimum absolute atomic E-state index is 0.0443. The standard InChI is InChI=1S/C26H33NO10/c28-13-20-23(33)24(34)25(35)26(37-20)36-19-11-18(31)16(12-27-9-1-2-10-27)22(32)21(19)17(30)8-5-14-3-6-15(29)7-4-14/h3-4,6-7,11,20,23-26,28-29,31-35H,1-2,5,8-10,12-13H2/t20-,23-,24+,25-,26-/m1/s1. The van der Waals surface area contributed by atoms with E-state index in [0.29, 0.717) is 6.42 Å². The molecule has 0 aromatic heterocycles. The molecule has 11 nitrogen and oxygen atoms in total. The van der Waals surface area contributed by atoms with Crippen LogP contribution < -0.4 is 4.74 Å². The Morgan fingerprint density at radius 1 is 1.00 bits per heavy atom. The average molecular weight is 520 g/mol. The second-order valence-corrected chi connectivity index (χ2v) is 9.48. The summed E-state index contributed by atoms with van der Waals surface area (Å²) < 4.78 is 11.1. The lowest BCUT2D eigenvalue weighted by Crippen LogP contribution is -2.60. The van der Waals surface area contributed by atoms with Gasteiger partial charge in [-0.1, -0.05) is 12.1 Å². The molecule has 0 amide bonds. The number of ether oxygens (including phenoxy) is 2. The second kappa shape index (κ2) is 11.6. The van der Waals surface area contributed by atoms with Gasteiger partial charge in [-0.2, -0.15) is 0 Å². The van der Waals surface area contributed by atoms with E-state index in [4.69, 9.17) is 9.47 Å². The van der Waals surface area contributed by atoms with Crippen LogP contribution in [-0.2, 0) is 17.7 Å². The van der Waals surface area contributed by atoms with Gasteiger partial charge in [-0.3, -0.25) is 9.69 Å². The van der Waals surface area contributed by atoms with Crippen molar-refractivity contribution in [3.05, 3.63) is 47.0 Å². The maximum Gasteiger partial charge on any atom is 0.229 e. The van der Waals surface area contributed by atoms with Gasteiger partial charge in [-0.05, 0) is 50.0 Å². The summed E-state index contributed by atoms with van der Waals surface area (Å²) in [6.07, 6.45) is -5.69. The highest BCUT2D eigenvalue weighted by Gasteiger charge is 2.45. The summed E-state index contributed by atoms with van der Waals surface area (Å²) in [6, 6.07) is 7.49. The highest BCUT2D eigenvalue weighted by atomic mass is 16.7. The molecule has 11 heteroatoms. The van der Waals surface area contributed by atoms with E-state index in [2.05, 4.69) is 0 Å². The number of Topliss-reactive ketones (excluding diaryl/α,β-unsaturated/α-hetero) is 1. The van der Waals surface area contributed by atoms with Gasteiger partial charge in [0.15, 0.2) is 5.78 Å². The molecule has 2 aliphatic rings. The number of aliphatic hydroxyl groups excluding tert-OH is 4. The van der Waals surface area contributed by atoms with Crippen LogP contribution in [0.1, 0.15) is 40.7 Å². The van der Waals surface area contributed by atoms with E-state index >= 15 is 0 Å². The SMILES string of the molecule is O=C(CCc1ccc(O)cc1)c1c(O[C@@H]2O[C@H](CO)[C@@H](O)[C@H](O)[C@H]2O)cc(O)c(CN2CCCC2)c1O. The lowest BCUT2D eigenvalue weighted by Gasteiger charge is -2.39.